The maximum Gasteiger partial charge on any atom is 0.228 e. The average molecular weight is 463 g/mol. The van der Waals surface area contributed by atoms with Gasteiger partial charge in [-0.3, -0.25) is 14.2 Å². The van der Waals surface area contributed by atoms with E-state index in [1.165, 1.54) is 0 Å². The molecule has 4 aromatic rings. The molecule has 1 aliphatic heterocycles. The molecule has 5 heterocycles. The molecule has 0 unspecified atom stereocenters. The van der Waals surface area contributed by atoms with Gasteiger partial charge in [-0.25, -0.2) is 4.98 Å². The maximum absolute atomic E-state index is 12.2. The van der Waals surface area contributed by atoms with E-state index >= 15 is 0 Å². The lowest BCUT2D eigenvalue weighted by molar-refractivity contribution is -0.117. The molecule has 2 fully saturated rings. The minimum atomic E-state index is 0.0167. The van der Waals surface area contributed by atoms with Gasteiger partial charge in [0.05, 0.1) is 55.6 Å². The Labute approximate surface area is 195 Å². The number of carbonyl (C=O) groups excluding carboxylic acids is 1. The fourth-order valence-corrected chi connectivity index (χ4v) is 4.44. The second-order valence-electron chi connectivity index (χ2n) is 8.85. The van der Waals surface area contributed by atoms with Crippen LogP contribution in [-0.2, 0) is 16.6 Å². The van der Waals surface area contributed by atoms with Crippen molar-refractivity contribution < 1.29 is 14.3 Å². The third-order valence-electron chi connectivity index (χ3n) is 6.45. The van der Waals surface area contributed by atoms with Gasteiger partial charge in [0.2, 0.25) is 11.8 Å². The standard InChI is InChI=1S/C23H26N8O3/c1-29-19-11-24-20(27-22(32)14-5-6-14)8-17(19)21(28-29)18-10-26-31(23(18)33-2)16-9-25-30(12-16)15-4-3-7-34-13-15/h8-12,14-15H,3-7,13H2,1-2H3,(H,24,27,32)/t15-/m0/s1. The molecule has 0 aromatic carbocycles. The summed E-state index contributed by atoms with van der Waals surface area (Å²) in [5.74, 6) is 1.19. The van der Waals surface area contributed by atoms with Crippen LogP contribution in [0, 0.1) is 5.92 Å². The van der Waals surface area contributed by atoms with E-state index in [9.17, 15) is 4.79 Å². The van der Waals surface area contributed by atoms with E-state index in [0.717, 1.165) is 54.4 Å². The SMILES string of the molecule is COc1c(-c2nn(C)c3cnc(NC(=O)C4CC4)cc23)cnn1-c1cnn([C@H]2CCCOC2)c1. The van der Waals surface area contributed by atoms with Crippen molar-refractivity contribution >= 4 is 22.6 Å². The maximum atomic E-state index is 12.2. The molecule has 0 bridgehead atoms. The number of aromatic nitrogens is 7. The van der Waals surface area contributed by atoms with Gasteiger partial charge in [-0.15, -0.1) is 0 Å². The van der Waals surface area contributed by atoms with E-state index < -0.39 is 0 Å². The van der Waals surface area contributed by atoms with Crippen molar-refractivity contribution in [3.8, 4) is 22.8 Å². The number of hydrogen-bond acceptors (Lipinski definition) is 7. The van der Waals surface area contributed by atoms with E-state index in [4.69, 9.17) is 14.6 Å². The monoisotopic (exact) mass is 462 g/mol. The zero-order chi connectivity index (χ0) is 23.2. The highest BCUT2D eigenvalue weighted by molar-refractivity contribution is 5.99. The highest BCUT2D eigenvalue weighted by atomic mass is 16.5. The van der Waals surface area contributed by atoms with Crippen LogP contribution in [0.25, 0.3) is 27.8 Å². The molecule has 4 aromatic heterocycles. The molecule has 1 aliphatic carbocycles. The Morgan fingerprint density at radius 1 is 1.21 bits per heavy atom. The number of amides is 1. The summed E-state index contributed by atoms with van der Waals surface area (Å²) in [5.41, 5.74) is 3.10. The number of fused-ring (bicyclic) bond motifs is 1. The molecular formula is C23H26N8O3. The Bertz CT molecular complexity index is 1360. The molecule has 1 saturated carbocycles. The third-order valence-corrected chi connectivity index (χ3v) is 6.45. The van der Waals surface area contributed by atoms with Gasteiger partial charge < -0.3 is 14.8 Å². The third kappa shape index (κ3) is 3.61. The first kappa shape index (κ1) is 20.8. The summed E-state index contributed by atoms with van der Waals surface area (Å²) in [6.45, 7) is 1.47. The zero-order valence-electron chi connectivity index (χ0n) is 19.1. The van der Waals surface area contributed by atoms with Crippen molar-refractivity contribution in [2.45, 2.75) is 31.7 Å². The van der Waals surface area contributed by atoms with Crippen LogP contribution >= 0.6 is 0 Å². The van der Waals surface area contributed by atoms with Gasteiger partial charge in [0, 0.05) is 25.0 Å². The molecule has 11 nitrogen and oxygen atoms in total. The fraction of sp³-hybridized carbons (Fsp3) is 0.435. The summed E-state index contributed by atoms with van der Waals surface area (Å²) in [5, 5.41) is 17.6. The number of ether oxygens (including phenoxy) is 2. The topological polar surface area (TPSA) is 114 Å². The van der Waals surface area contributed by atoms with Crippen molar-refractivity contribution in [2.75, 3.05) is 25.6 Å². The second kappa shape index (κ2) is 8.24. The number of hydrogen-bond donors (Lipinski definition) is 1. The van der Waals surface area contributed by atoms with Gasteiger partial charge in [-0.1, -0.05) is 0 Å². The molecule has 2 aliphatic rings. The summed E-state index contributed by atoms with van der Waals surface area (Å²) in [4.78, 5) is 16.6. The van der Waals surface area contributed by atoms with E-state index in [-0.39, 0.29) is 17.9 Å². The number of rotatable bonds is 6. The van der Waals surface area contributed by atoms with Gasteiger partial charge in [-0.05, 0) is 31.7 Å². The Hall–Kier alpha value is -3.73. The summed E-state index contributed by atoms with van der Waals surface area (Å²) in [7, 11) is 3.48. The van der Waals surface area contributed by atoms with E-state index in [2.05, 4.69) is 20.5 Å². The van der Waals surface area contributed by atoms with Crippen LogP contribution in [0.5, 0.6) is 5.88 Å². The van der Waals surface area contributed by atoms with Crippen molar-refractivity contribution in [1.29, 1.82) is 0 Å². The summed E-state index contributed by atoms with van der Waals surface area (Å²) >= 11 is 0. The predicted octanol–water partition coefficient (Wildman–Crippen LogP) is 2.73. The average Bonchev–Trinajstić information content (AvgIpc) is 3.31. The van der Waals surface area contributed by atoms with Crippen molar-refractivity contribution in [1.82, 2.24) is 34.3 Å². The first-order chi connectivity index (χ1) is 16.6. The normalized spacial score (nSPS) is 18.4. The molecule has 1 amide bonds. The zero-order valence-corrected chi connectivity index (χ0v) is 19.1. The van der Waals surface area contributed by atoms with Crippen LogP contribution < -0.4 is 10.1 Å². The number of aryl methyl sites for hydroxylation is 1. The van der Waals surface area contributed by atoms with Gasteiger partial charge in [0.1, 0.15) is 17.2 Å². The van der Waals surface area contributed by atoms with Gasteiger partial charge in [0.25, 0.3) is 0 Å². The first-order valence-corrected chi connectivity index (χ1v) is 11.5. The van der Waals surface area contributed by atoms with Gasteiger partial charge >= 0.3 is 0 Å². The molecule has 1 atom stereocenters. The quantitative estimate of drug-likeness (QED) is 0.469. The van der Waals surface area contributed by atoms with Crippen molar-refractivity contribution in [3.63, 3.8) is 0 Å². The van der Waals surface area contributed by atoms with E-state index in [1.807, 2.05) is 24.0 Å². The number of nitrogens with one attached hydrogen (secondary N) is 1. The number of carbonyl (C=O) groups is 1. The Kier molecular flexibility index (Phi) is 5.05. The summed E-state index contributed by atoms with van der Waals surface area (Å²) < 4.78 is 16.8. The lowest BCUT2D eigenvalue weighted by Crippen LogP contribution is -2.21. The Balaban J connectivity index is 1.37. The number of anilines is 1. The Morgan fingerprint density at radius 3 is 2.85 bits per heavy atom. The lowest BCUT2D eigenvalue weighted by atomic mass is 10.1. The molecule has 11 heteroatoms. The van der Waals surface area contributed by atoms with Crippen LogP contribution in [-0.4, -0.2) is 60.6 Å². The van der Waals surface area contributed by atoms with Crippen molar-refractivity contribution in [2.24, 2.45) is 13.0 Å². The molecule has 176 valence electrons. The molecule has 0 radical (unpaired) electrons. The van der Waals surface area contributed by atoms with Gasteiger partial charge in [-0.2, -0.15) is 20.0 Å². The van der Waals surface area contributed by atoms with E-state index in [1.54, 1.807) is 35.1 Å². The summed E-state index contributed by atoms with van der Waals surface area (Å²) in [6.07, 6.45) is 11.1. The molecule has 1 saturated heterocycles. The van der Waals surface area contributed by atoms with Crippen LogP contribution in [0.2, 0.25) is 0 Å². The number of nitrogens with zero attached hydrogens (tertiary/aromatic N) is 7. The molecule has 0 spiro atoms. The minimum Gasteiger partial charge on any atom is -0.480 e. The van der Waals surface area contributed by atoms with Crippen LogP contribution in [0.1, 0.15) is 31.7 Å². The second-order valence-corrected chi connectivity index (χ2v) is 8.85. The number of pyridine rings is 1. The predicted molar refractivity (Wildman–Crippen MR) is 124 cm³/mol. The van der Waals surface area contributed by atoms with Crippen LogP contribution in [0.15, 0.2) is 30.9 Å². The number of methoxy groups -OCH3 is 1. The smallest absolute Gasteiger partial charge is 0.228 e. The summed E-state index contributed by atoms with van der Waals surface area (Å²) in [6, 6.07) is 2.08. The van der Waals surface area contributed by atoms with Gasteiger partial charge in [0.15, 0.2) is 0 Å². The van der Waals surface area contributed by atoms with Crippen LogP contribution in [0.4, 0.5) is 5.82 Å². The Morgan fingerprint density at radius 2 is 2.09 bits per heavy atom. The molecular weight excluding hydrogens is 436 g/mol. The highest BCUT2D eigenvalue weighted by Gasteiger charge is 2.30. The first-order valence-electron chi connectivity index (χ1n) is 11.5. The lowest BCUT2D eigenvalue weighted by Gasteiger charge is -2.22. The fourth-order valence-electron chi connectivity index (χ4n) is 4.44. The minimum absolute atomic E-state index is 0.0167. The molecule has 34 heavy (non-hydrogen) atoms. The van der Waals surface area contributed by atoms with Crippen LogP contribution in [0.3, 0.4) is 0 Å². The largest absolute Gasteiger partial charge is 0.480 e. The molecule has 1 N–H and O–H groups in total. The van der Waals surface area contributed by atoms with Crippen molar-refractivity contribution in [3.05, 3.63) is 30.9 Å². The molecule has 6 rings (SSSR count). The highest BCUT2D eigenvalue weighted by Crippen LogP contribution is 2.36. The van der Waals surface area contributed by atoms with E-state index in [0.29, 0.717) is 24.0 Å².